The van der Waals surface area contributed by atoms with Crippen molar-refractivity contribution in [3.05, 3.63) is 0 Å². The van der Waals surface area contributed by atoms with Crippen molar-refractivity contribution in [2.24, 2.45) is 9.98 Å². The molecule has 1 rings (SSSR count). The van der Waals surface area contributed by atoms with E-state index in [4.69, 9.17) is 11.6 Å². The van der Waals surface area contributed by atoms with Crippen molar-refractivity contribution < 1.29 is 0 Å². The zero-order valence-corrected chi connectivity index (χ0v) is 6.30. The quantitative estimate of drug-likeness (QED) is 0.413. The maximum atomic E-state index is 5.47. The van der Waals surface area contributed by atoms with Gasteiger partial charge >= 0.3 is 0 Å². The Hall–Kier alpha value is 0.110. The van der Waals surface area contributed by atoms with Gasteiger partial charge in [-0.25, -0.2) is 0 Å². The fourth-order valence-corrected chi connectivity index (χ4v) is 0.787. The minimum absolute atomic E-state index is 0.164. The molecule has 0 radical (unpaired) electrons. The van der Waals surface area contributed by atoms with E-state index in [-0.39, 0.29) is 4.83 Å². The maximum absolute atomic E-state index is 5.47. The number of nitrogens with zero attached hydrogens (tertiary/aromatic N) is 2. The van der Waals surface area contributed by atoms with E-state index < -0.39 is 5.62 Å². The summed E-state index contributed by atoms with van der Waals surface area (Å²) in [5, 5.41) is 0. The Morgan fingerprint density at radius 3 is 2.25 bits per heavy atom. The highest BCUT2D eigenvalue weighted by molar-refractivity contribution is 9.10. The third kappa shape index (κ3) is 1.56. The van der Waals surface area contributed by atoms with Gasteiger partial charge in [-0.2, -0.15) is 0 Å². The van der Waals surface area contributed by atoms with Crippen molar-refractivity contribution in [2.75, 3.05) is 0 Å². The highest BCUT2D eigenvalue weighted by atomic mass is 79.9. The van der Waals surface area contributed by atoms with Gasteiger partial charge in [0.25, 0.3) is 0 Å². The van der Waals surface area contributed by atoms with Crippen LogP contribution in [0.2, 0.25) is 0 Å². The van der Waals surface area contributed by atoms with E-state index in [0.29, 0.717) is 0 Å². The van der Waals surface area contributed by atoms with Gasteiger partial charge in [-0.3, -0.25) is 9.98 Å². The van der Waals surface area contributed by atoms with Crippen molar-refractivity contribution in [1.82, 2.24) is 0 Å². The van der Waals surface area contributed by atoms with Gasteiger partial charge in [0.15, 0.2) is 0 Å². The lowest BCUT2D eigenvalue weighted by atomic mass is 10.5. The number of aliphatic imine (C=N–C) groups is 2. The van der Waals surface area contributed by atoms with Gasteiger partial charge in [0.1, 0.15) is 0 Å². The number of rotatable bonds is 0. The number of alkyl halides is 2. The van der Waals surface area contributed by atoms with Gasteiger partial charge in [0, 0.05) is 12.4 Å². The largest absolute Gasteiger partial charge is 0.254 e. The van der Waals surface area contributed by atoms with Crippen LogP contribution in [-0.4, -0.2) is 22.9 Å². The minimum atomic E-state index is -0.399. The molecule has 0 aromatic heterocycles. The number of halogens is 2. The molecule has 0 atom stereocenters. The molecule has 0 saturated carbocycles. The lowest BCUT2D eigenvalue weighted by Gasteiger charge is -2.03. The Kier molecular flexibility index (Phi) is 2.02. The first-order valence-corrected chi connectivity index (χ1v) is 3.49. The fourth-order valence-electron chi connectivity index (χ4n) is 0.383. The molecule has 0 N–H and O–H groups in total. The maximum Gasteiger partial charge on any atom is 0.213 e. The molecule has 0 unspecified atom stereocenters. The molecule has 0 aromatic rings. The molecule has 0 amide bonds. The Balaban J connectivity index is 2.54. The average Bonchev–Trinajstić information content (AvgIpc) is 1.77. The molecule has 0 fully saturated rings. The second kappa shape index (κ2) is 2.60. The van der Waals surface area contributed by atoms with Crippen LogP contribution in [0.15, 0.2) is 9.98 Å². The zero-order chi connectivity index (χ0) is 5.98. The second-order valence-electron chi connectivity index (χ2n) is 1.35. The highest BCUT2D eigenvalue weighted by Gasteiger charge is 2.03. The molecule has 44 valence electrons. The summed E-state index contributed by atoms with van der Waals surface area (Å²) in [5.74, 6) is 0. The van der Waals surface area contributed by atoms with Gasteiger partial charge in [-0.1, -0.05) is 27.5 Å². The lowest BCUT2D eigenvalue weighted by Crippen LogP contribution is -2.09. The summed E-state index contributed by atoms with van der Waals surface area (Å²) in [7, 11) is 0. The molecule has 1 aliphatic rings. The van der Waals surface area contributed by atoms with Gasteiger partial charge in [0.05, 0.1) is 4.83 Å². The van der Waals surface area contributed by atoms with Gasteiger partial charge < -0.3 is 0 Å². The van der Waals surface area contributed by atoms with E-state index in [0.717, 1.165) is 0 Å². The van der Waals surface area contributed by atoms with Crippen LogP contribution in [0.1, 0.15) is 0 Å². The van der Waals surface area contributed by atoms with Crippen molar-refractivity contribution in [2.45, 2.75) is 10.5 Å². The molecule has 8 heavy (non-hydrogen) atoms. The van der Waals surface area contributed by atoms with Crippen LogP contribution in [0.3, 0.4) is 0 Å². The Morgan fingerprint density at radius 2 is 1.88 bits per heavy atom. The first-order chi connectivity index (χ1) is 3.79. The predicted octanol–water partition coefficient (Wildman–Crippen LogP) is 1.43. The van der Waals surface area contributed by atoms with Crippen molar-refractivity contribution in [1.29, 1.82) is 0 Å². The standard InChI is InChI=1S/C4H4BrClN2/c5-3-1-7-4(6)8-2-3/h1-4H. The number of hydrogen-bond donors (Lipinski definition) is 0. The lowest BCUT2D eigenvalue weighted by molar-refractivity contribution is 0.968. The van der Waals surface area contributed by atoms with E-state index in [1.54, 1.807) is 12.4 Å². The first-order valence-electron chi connectivity index (χ1n) is 2.14. The van der Waals surface area contributed by atoms with Crippen LogP contribution in [0, 0.1) is 0 Å². The predicted molar refractivity (Wildman–Crippen MR) is 39.3 cm³/mol. The summed E-state index contributed by atoms with van der Waals surface area (Å²) >= 11 is 8.72. The topological polar surface area (TPSA) is 24.7 Å². The summed E-state index contributed by atoms with van der Waals surface area (Å²) in [6.07, 6.45) is 3.43. The molecule has 0 spiro atoms. The van der Waals surface area contributed by atoms with Crippen molar-refractivity contribution in [3.63, 3.8) is 0 Å². The van der Waals surface area contributed by atoms with Crippen LogP contribution in [0.5, 0.6) is 0 Å². The van der Waals surface area contributed by atoms with Crippen LogP contribution < -0.4 is 0 Å². The van der Waals surface area contributed by atoms with Crippen molar-refractivity contribution >= 4 is 40.0 Å². The molecular formula is C4H4BrClN2. The van der Waals surface area contributed by atoms with Gasteiger partial charge in [-0.15, -0.1) is 0 Å². The van der Waals surface area contributed by atoms with Gasteiger partial charge in [-0.05, 0) is 0 Å². The molecule has 1 heterocycles. The Morgan fingerprint density at radius 1 is 1.38 bits per heavy atom. The van der Waals surface area contributed by atoms with Crippen LogP contribution in [0.25, 0.3) is 0 Å². The molecule has 2 nitrogen and oxygen atoms in total. The molecule has 0 saturated heterocycles. The summed E-state index contributed by atoms with van der Waals surface area (Å²) in [6, 6.07) is 0. The molecule has 0 bridgehead atoms. The van der Waals surface area contributed by atoms with E-state index in [1.165, 1.54) is 0 Å². The molecular weight excluding hydrogens is 191 g/mol. The summed E-state index contributed by atoms with van der Waals surface area (Å²) < 4.78 is 0. The number of hydrogen-bond acceptors (Lipinski definition) is 2. The summed E-state index contributed by atoms with van der Waals surface area (Å²) in [4.78, 5) is 7.78. The average molecular weight is 195 g/mol. The molecule has 0 aliphatic carbocycles. The van der Waals surface area contributed by atoms with E-state index in [2.05, 4.69) is 25.9 Å². The summed E-state index contributed by atoms with van der Waals surface area (Å²) in [6.45, 7) is 0. The normalized spacial score (nSPS) is 35.8. The Labute approximate surface area is 60.8 Å². The van der Waals surface area contributed by atoms with E-state index >= 15 is 0 Å². The van der Waals surface area contributed by atoms with Gasteiger partial charge in [0.2, 0.25) is 5.62 Å². The molecule has 4 heteroatoms. The summed E-state index contributed by atoms with van der Waals surface area (Å²) in [5.41, 5.74) is -0.399. The fraction of sp³-hybridized carbons (Fsp3) is 0.500. The second-order valence-corrected chi connectivity index (χ2v) is 2.80. The molecule has 1 aliphatic heterocycles. The van der Waals surface area contributed by atoms with E-state index in [1.807, 2.05) is 0 Å². The first kappa shape index (κ1) is 6.23. The van der Waals surface area contributed by atoms with E-state index in [9.17, 15) is 0 Å². The van der Waals surface area contributed by atoms with Crippen LogP contribution in [-0.2, 0) is 0 Å². The van der Waals surface area contributed by atoms with Crippen LogP contribution >= 0.6 is 27.5 Å². The Bertz CT molecular complexity index is 106. The minimum Gasteiger partial charge on any atom is -0.254 e. The smallest absolute Gasteiger partial charge is 0.213 e. The third-order valence-electron chi connectivity index (χ3n) is 0.703. The van der Waals surface area contributed by atoms with Crippen molar-refractivity contribution in [3.8, 4) is 0 Å². The zero-order valence-electron chi connectivity index (χ0n) is 3.96. The monoisotopic (exact) mass is 194 g/mol. The van der Waals surface area contributed by atoms with Crippen LogP contribution in [0.4, 0.5) is 0 Å². The SMILES string of the molecule is ClC1N=CC(Br)C=N1. The molecule has 0 aromatic carbocycles. The third-order valence-corrected chi connectivity index (χ3v) is 1.40. The highest BCUT2D eigenvalue weighted by Crippen LogP contribution is 2.05.